The van der Waals surface area contributed by atoms with Gasteiger partial charge >= 0.3 is 11.6 Å². The summed E-state index contributed by atoms with van der Waals surface area (Å²) in [5.41, 5.74) is -0.948. The number of rotatable bonds is 1. The summed E-state index contributed by atoms with van der Waals surface area (Å²) in [5, 5.41) is 0.693. The lowest BCUT2D eigenvalue weighted by molar-refractivity contribution is 0.00654. The van der Waals surface area contributed by atoms with Gasteiger partial charge in [-0.25, -0.2) is 9.59 Å². The van der Waals surface area contributed by atoms with Crippen LogP contribution in [0.2, 0.25) is 0 Å². The lowest BCUT2D eigenvalue weighted by atomic mass is 10.1. The molecule has 4 nitrogen and oxygen atoms in total. The molecule has 0 aliphatic carbocycles. The van der Waals surface area contributed by atoms with Gasteiger partial charge in [-0.05, 0) is 32.9 Å². The summed E-state index contributed by atoms with van der Waals surface area (Å²) < 4.78 is 10.2. The Bertz CT molecular complexity index is 647. The van der Waals surface area contributed by atoms with Crippen LogP contribution < -0.4 is 5.63 Å². The highest BCUT2D eigenvalue weighted by atomic mass is 16.6. The number of fused-ring (bicyclic) bond motifs is 1. The second-order valence-electron chi connectivity index (χ2n) is 4.99. The summed E-state index contributed by atoms with van der Waals surface area (Å²) in [6.45, 7) is 5.23. The average molecular weight is 246 g/mol. The van der Waals surface area contributed by atoms with Gasteiger partial charge in [0.25, 0.3) is 0 Å². The SMILES string of the molecule is CC(C)(C)OC(=O)c1cc2ccccc2oc1=O. The van der Waals surface area contributed by atoms with Gasteiger partial charge in [0, 0.05) is 5.39 Å². The van der Waals surface area contributed by atoms with E-state index in [2.05, 4.69) is 0 Å². The number of carbonyl (C=O) groups excluding carboxylic acids is 1. The predicted octanol–water partition coefficient (Wildman–Crippen LogP) is 2.75. The number of benzene rings is 1. The van der Waals surface area contributed by atoms with Crippen LogP contribution in [0.1, 0.15) is 31.1 Å². The zero-order valence-electron chi connectivity index (χ0n) is 10.5. The minimum Gasteiger partial charge on any atom is -0.456 e. The zero-order valence-corrected chi connectivity index (χ0v) is 10.5. The Hall–Kier alpha value is -2.10. The fourth-order valence-electron chi connectivity index (χ4n) is 1.54. The van der Waals surface area contributed by atoms with E-state index in [9.17, 15) is 9.59 Å². The average Bonchev–Trinajstić information content (AvgIpc) is 2.25. The molecule has 0 fully saturated rings. The van der Waals surface area contributed by atoms with Gasteiger partial charge in [-0.1, -0.05) is 18.2 Å². The molecular formula is C14H14O4. The Kier molecular flexibility index (Phi) is 2.95. The van der Waals surface area contributed by atoms with Crippen molar-refractivity contribution in [1.29, 1.82) is 0 Å². The van der Waals surface area contributed by atoms with Crippen molar-refractivity contribution in [2.24, 2.45) is 0 Å². The Morgan fingerprint density at radius 2 is 1.89 bits per heavy atom. The van der Waals surface area contributed by atoms with Crippen molar-refractivity contribution in [3.8, 4) is 0 Å². The van der Waals surface area contributed by atoms with Crippen LogP contribution in [0.5, 0.6) is 0 Å². The second kappa shape index (κ2) is 4.29. The third-order valence-corrected chi connectivity index (χ3v) is 2.26. The number of carbonyl (C=O) groups is 1. The van der Waals surface area contributed by atoms with Crippen molar-refractivity contribution in [2.45, 2.75) is 26.4 Å². The molecule has 0 spiro atoms. The van der Waals surface area contributed by atoms with Gasteiger partial charge in [0.05, 0.1) is 0 Å². The fraction of sp³-hybridized carbons (Fsp3) is 0.286. The van der Waals surface area contributed by atoms with Crippen LogP contribution in [-0.4, -0.2) is 11.6 Å². The van der Waals surface area contributed by atoms with E-state index >= 15 is 0 Å². The first-order valence-electron chi connectivity index (χ1n) is 5.63. The van der Waals surface area contributed by atoms with Crippen molar-refractivity contribution in [3.63, 3.8) is 0 Å². The first-order chi connectivity index (χ1) is 8.37. The van der Waals surface area contributed by atoms with Gasteiger partial charge < -0.3 is 9.15 Å². The normalized spacial score (nSPS) is 11.5. The van der Waals surface area contributed by atoms with Crippen LogP contribution in [0.15, 0.2) is 39.5 Å². The highest BCUT2D eigenvalue weighted by Crippen LogP contribution is 2.15. The molecular weight excluding hydrogens is 232 g/mol. The number of esters is 1. The summed E-state index contributed by atoms with van der Waals surface area (Å²) >= 11 is 0. The molecule has 0 aliphatic rings. The van der Waals surface area contributed by atoms with E-state index in [0.29, 0.717) is 11.0 Å². The molecule has 1 aromatic carbocycles. The van der Waals surface area contributed by atoms with Gasteiger partial charge in [-0.3, -0.25) is 0 Å². The minimum absolute atomic E-state index is 0.0800. The van der Waals surface area contributed by atoms with Crippen LogP contribution in [0, 0.1) is 0 Å². The zero-order chi connectivity index (χ0) is 13.3. The molecule has 0 unspecified atom stereocenters. The molecule has 94 valence electrons. The molecule has 2 aromatic rings. The number of hydrogen-bond donors (Lipinski definition) is 0. The van der Waals surface area contributed by atoms with Crippen LogP contribution >= 0.6 is 0 Å². The summed E-state index contributed by atoms with van der Waals surface area (Å²) in [5.74, 6) is -0.665. The quantitative estimate of drug-likeness (QED) is 0.573. The largest absolute Gasteiger partial charge is 0.456 e. The standard InChI is InChI=1S/C14H14O4/c1-14(2,3)18-13(16)10-8-9-6-4-5-7-11(9)17-12(10)15/h4-8H,1-3H3. The van der Waals surface area contributed by atoms with Gasteiger partial charge in [-0.2, -0.15) is 0 Å². The van der Waals surface area contributed by atoms with E-state index in [1.54, 1.807) is 45.0 Å². The molecule has 18 heavy (non-hydrogen) atoms. The highest BCUT2D eigenvalue weighted by molar-refractivity contribution is 5.92. The maximum absolute atomic E-state index is 11.8. The van der Waals surface area contributed by atoms with Crippen molar-refractivity contribution < 1.29 is 13.9 Å². The minimum atomic E-state index is -0.678. The van der Waals surface area contributed by atoms with Gasteiger partial charge in [0.15, 0.2) is 0 Å². The molecule has 0 amide bonds. The van der Waals surface area contributed by atoms with E-state index in [-0.39, 0.29) is 5.56 Å². The van der Waals surface area contributed by atoms with Crippen molar-refractivity contribution >= 4 is 16.9 Å². The van der Waals surface area contributed by atoms with Crippen LogP contribution in [0.25, 0.3) is 11.0 Å². The molecule has 0 radical (unpaired) electrons. The molecule has 0 saturated heterocycles. The molecule has 1 heterocycles. The summed E-state index contributed by atoms with van der Waals surface area (Å²) in [7, 11) is 0. The smallest absolute Gasteiger partial charge is 0.351 e. The number of hydrogen-bond acceptors (Lipinski definition) is 4. The number of ether oxygens (including phenoxy) is 1. The molecule has 1 aromatic heterocycles. The summed E-state index contributed by atoms with van der Waals surface area (Å²) in [4.78, 5) is 23.5. The first kappa shape index (κ1) is 12.4. The highest BCUT2D eigenvalue weighted by Gasteiger charge is 2.21. The Morgan fingerprint density at radius 1 is 1.22 bits per heavy atom. The van der Waals surface area contributed by atoms with E-state index in [4.69, 9.17) is 9.15 Å². The van der Waals surface area contributed by atoms with Crippen LogP contribution in [-0.2, 0) is 4.74 Å². The van der Waals surface area contributed by atoms with E-state index in [1.807, 2.05) is 0 Å². The molecule has 0 atom stereocenters. The Labute approximate surface area is 104 Å². The Balaban J connectivity index is 2.48. The van der Waals surface area contributed by atoms with E-state index < -0.39 is 17.2 Å². The van der Waals surface area contributed by atoms with Crippen LogP contribution in [0.3, 0.4) is 0 Å². The third kappa shape index (κ3) is 2.59. The molecule has 0 N–H and O–H groups in total. The third-order valence-electron chi connectivity index (χ3n) is 2.26. The lowest BCUT2D eigenvalue weighted by Crippen LogP contribution is -2.27. The van der Waals surface area contributed by atoms with Crippen molar-refractivity contribution in [2.75, 3.05) is 0 Å². The molecule has 4 heteroatoms. The fourth-order valence-corrected chi connectivity index (χ4v) is 1.54. The topological polar surface area (TPSA) is 56.5 Å². The predicted molar refractivity (Wildman–Crippen MR) is 67.7 cm³/mol. The maximum Gasteiger partial charge on any atom is 0.351 e. The van der Waals surface area contributed by atoms with Gasteiger partial charge in [0.2, 0.25) is 0 Å². The number of para-hydroxylation sites is 1. The van der Waals surface area contributed by atoms with Crippen molar-refractivity contribution in [1.82, 2.24) is 0 Å². The molecule has 0 saturated carbocycles. The van der Waals surface area contributed by atoms with Gasteiger partial charge in [0.1, 0.15) is 16.7 Å². The molecule has 2 rings (SSSR count). The Morgan fingerprint density at radius 3 is 2.56 bits per heavy atom. The maximum atomic E-state index is 11.8. The second-order valence-corrected chi connectivity index (χ2v) is 4.99. The summed E-state index contributed by atoms with van der Waals surface area (Å²) in [6.07, 6.45) is 0. The lowest BCUT2D eigenvalue weighted by Gasteiger charge is -2.18. The van der Waals surface area contributed by atoms with Gasteiger partial charge in [-0.15, -0.1) is 0 Å². The van der Waals surface area contributed by atoms with E-state index in [0.717, 1.165) is 0 Å². The van der Waals surface area contributed by atoms with Crippen molar-refractivity contribution in [3.05, 3.63) is 46.3 Å². The summed E-state index contributed by atoms with van der Waals surface area (Å²) in [6, 6.07) is 8.51. The van der Waals surface area contributed by atoms with Crippen LogP contribution in [0.4, 0.5) is 0 Å². The molecule has 0 bridgehead atoms. The first-order valence-corrected chi connectivity index (χ1v) is 5.63. The van der Waals surface area contributed by atoms with E-state index in [1.165, 1.54) is 6.07 Å². The monoisotopic (exact) mass is 246 g/mol. The molecule has 0 aliphatic heterocycles.